The molecule has 0 saturated carbocycles. The number of nitrogens with one attached hydrogen (secondary N) is 1. The minimum atomic E-state index is 0.314. The Balaban J connectivity index is 2.20. The molecular weight excluding hydrogens is 218 g/mol. The molecule has 1 atom stereocenters. The molecule has 0 aliphatic carbocycles. The van der Waals surface area contributed by atoms with E-state index in [-0.39, 0.29) is 0 Å². The lowest BCUT2D eigenvalue weighted by Crippen LogP contribution is -2.19. The number of aryl methyl sites for hydroxylation is 1. The van der Waals surface area contributed by atoms with E-state index >= 15 is 0 Å². The largest absolute Gasteiger partial charge is 0.313 e. The number of thiazole rings is 1. The smallest absolute Gasteiger partial charge is 0.0943 e. The van der Waals surface area contributed by atoms with Crippen LogP contribution in [0, 0.1) is 6.92 Å². The lowest BCUT2D eigenvalue weighted by Gasteiger charge is -2.17. The van der Waals surface area contributed by atoms with Crippen molar-refractivity contribution in [2.24, 2.45) is 0 Å². The van der Waals surface area contributed by atoms with E-state index in [1.54, 1.807) is 11.3 Å². The number of pyridine rings is 1. The average Bonchev–Trinajstić information content (AvgIpc) is 2.80. The second kappa shape index (κ2) is 5.18. The van der Waals surface area contributed by atoms with Gasteiger partial charge in [-0.3, -0.25) is 4.98 Å². The van der Waals surface area contributed by atoms with Crippen molar-refractivity contribution in [3.05, 3.63) is 46.2 Å². The molecule has 2 rings (SSSR count). The van der Waals surface area contributed by atoms with Crippen molar-refractivity contribution in [1.29, 1.82) is 0 Å². The second-order valence-electron chi connectivity index (χ2n) is 3.70. The number of hydrogen-bond donors (Lipinski definition) is 1. The minimum absolute atomic E-state index is 0.314. The summed E-state index contributed by atoms with van der Waals surface area (Å²) in [5, 5.41) is 6.51. The number of nitrogens with zero attached hydrogens (tertiary/aromatic N) is 2. The van der Waals surface area contributed by atoms with Crippen LogP contribution in [0.25, 0.3) is 0 Å². The van der Waals surface area contributed by atoms with Gasteiger partial charge in [0.15, 0.2) is 0 Å². The van der Waals surface area contributed by atoms with Crippen LogP contribution >= 0.6 is 11.3 Å². The van der Waals surface area contributed by atoms with E-state index in [0.717, 1.165) is 11.4 Å². The Morgan fingerprint density at radius 1 is 1.44 bits per heavy atom. The van der Waals surface area contributed by atoms with E-state index in [4.69, 9.17) is 0 Å². The maximum atomic E-state index is 4.32. The highest BCUT2D eigenvalue weighted by molar-refractivity contribution is 7.09. The van der Waals surface area contributed by atoms with Crippen LogP contribution in [0.2, 0.25) is 0 Å². The molecule has 0 radical (unpaired) electrons. The number of hydrogen-bond acceptors (Lipinski definition) is 4. The van der Waals surface area contributed by atoms with Crippen molar-refractivity contribution in [2.75, 3.05) is 7.05 Å². The van der Waals surface area contributed by atoms with Crippen LogP contribution in [0.4, 0.5) is 0 Å². The fraction of sp³-hybridized carbons (Fsp3) is 0.333. The highest BCUT2D eigenvalue weighted by Crippen LogP contribution is 2.21. The molecule has 3 nitrogen and oxygen atoms in total. The first-order valence-corrected chi connectivity index (χ1v) is 6.15. The summed E-state index contributed by atoms with van der Waals surface area (Å²) in [6.45, 7) is 2.09. The summed E-state index contributed by atoms with van der Waals surface area (Å²) in [7, 11) is 1.98. The van der Waals surface area contributed by atoms with Crippen LogP contribution < -0.4 is 5.32 Å². The van der Waals surface area contributed by atoms with Crippen molar-refractivity contribution in [2.45, 2.75) is 19.4 Å². The Morgan fingerprint density at radius 2 is 2.31 bits per heavy atom. The summed E-state index contributed by atoms with van der Waals surface area (Å²) in [4.78, 5) is 8.44. The third kappa shape index (κ3) is 2.46. The lowest BCUT2D eigenvalue weighted by molar-refractivity contribution is 0.586. The third-order valence-electron chi connectivity index (χ3n) is 2.65. The van der Waals surface area contributed by atoms with Crippen molar-refractivity contribution in [1.82, 2.24) is 15.3 Å². The Labute approximate surface area is 99.6 Å². The molecule has 0 bridgehead atoms. The minimum Gasteiger partial charge on any atom is -0.313 e. The number of aromatic nitrogens is 2. The predicted octanol–water partition coefficient (Wildman–Crippen LogP) is 2.35. The molecule has 16 heavy (non-hydrogen) atoms. The monoisotopic (exact) mass is 233 g/mol. The van der Waals surface area contributed by atoms with Gasteiger partial charge in [0.05, 0.1) is 5.01 Å². The topological polar surface area (TPSA) is 37.8 Å². The maximum Gasteiger partial charge on any atom is 0.0943 e. The summed E-state index contributed by atoms with van der Waals surface area (Å²) >= 11 is 1.70. The van der Waals surface area contributed by atoms with Gasteiger partial charge in [0, 0.05) is 36.4 Å². The molecule has 0 fully saturated rings. The highest BCUT2D eigenvalue weighted by Gasteiger charge is 2.13. The fourth-order valence-corrected chi connectivity index (χ4v) is 2.43. The molecule has 84 valence electrons. The van der Waals surface area contributed by atoms with E-state index in [9.17, 15) is 0 Å². The quantitative estimate of drug-likeness (QED) is 0.881. The molecule has 2 aromatic rings. The van der Waals surface area contributed by atoms with Gasteiger partial charge in [0.2, 0.25) is 0 Å². The standard InChI is InChI=1S/C12H15N3S/c1-9-8-14-4-3-10(9)11(13-2)7-12-15-5-6-16-12/h3-6,8,11,13H,7H2,1-2H3. The van der Waals surface area contributed by atoms with E-state index in [2.05, 4.69) is 28.3 Å². The van der Waals surface area contributed by atoms with Crippen LogP contribution in [0.3, 0.4) is 0 Å². The molecule has 0 spiro atoms. The van der Waals surface area contributed by atoms with E-state index in [1.807, 2.05) is 31.0 Å². The lowest BCUT2D eigenvalue weighted by atomic mass is 10.0. The molecule has 0 aliphatic rings. The molecule has 1 N–H and O–H groups in total. The molecule has 0 amide bonds. The SMILES string of the molecule is CNC(Cc1nccs1)c1ccncc1C. The summed E-state index contributed by atoms with van der Waals surface area (Å²) < 4.78 is 0. The van der Waals surface area contributed by atoms with Gasteiger partial charge in [-0.1, -0.05) is 0 Å². The first kappa shape index (κ1) is 11.2. The van der Waals surface area contributed by atoms with Gasteiger partial charge in [-0.2, -0.15) is 0 Å². The Hall–Kier alpha value is -1.26. The van der Waals surface area contributed by atoms with Gasteiger partial charge in [0.1, 0.15) is 0 Å². The van der Waals surface area contributed by atoms with Gasteiger partial charge in [-0.05, 0) is 31.2 Å². The molecule has 2 heterocycles. The summed E-state index contributed by atoms with van der Waals surface area (Å²) in [5.74, 6) is 0. The summed E-state index contributed by atoms with van der Waals surface area (Å²) in [5.41, 5.74) is 2.52. The Kier molecular flexibility index (Phi) is 3.64. The van der Waals surface area contributed by atoms with Crippen LogP contribution in [-0.4, -0.2) is 17.0 Å². The molecule has 0 aliphatic heterocycles. The molecule has 1 unspecified atom stereocenters. The summed E-state index contributed by atoms with van der Waals surface area (Å²) in [6.07, 6.45) is 6.53. The van der Waals surface area contributed by atoms with Gasteiger partial charge in [-0.25, -0.2) is 4.98 Å². The van der Waals surface area contributed by atoms with Gasteiger partial charge < -0.3 is 5.32 Å². The van der Waals surface area contributed by atoms with Gasteiger partial charge in [-0.15, -0.1) is 11.3 Å². The molecular formula is C12H15N3S. The van der Waals surface area contributed by atoms with E-state index in [0.29, 0.717) is 6.04 Å². The van der Waals surface area contributed by atoms with Crippen molar-refractivity contribution in [3.8, 4) is 0 Å². The van der Waals surface area contributed by atoms with E-state index in [1.165, 1.54) is 11.1 Å². The van der Waals surface area contributed by atoms with Gasteiger partial charge in [0.25, 0.3) is 0 Å². The van der Waals surface area contributed by atoms with E-state index < -0.39 is 0 Å². The first-order chi connectivity index (χ1) is 7.81. The number of rotatable bonds is 4. The molecule has 0 aromatic carbocycles. The molecule has 4 heteroatoms. The zero-order valence-corrected chi connectivity index (χ0v) is 10.3. The molecule has 0 saturated heterocycles. The zero-order valence-electron chi connectivity index (χ0n) is 9.47. The van der Waals surface area contributed by atoms with Crippen LogP contribution in [-0.2, 0) is 6.42 Å². The van der Waals surface area contributed by atoms with Crippen molar-refractivity contribution in [3.63, 3.8) is 0 Å². The number of likely N-dealkylation sites (N-methyl/N-ethyl adjacent to an activating group) is 1. The van der Waals surface area contributed by atoms with Crippen molar-refractivity contribution < 1.29 is 0 Å². The van der Waals surface area contributed by atoms with Crippen molar-refractivity contribution >= 4 is 11.3 Å². The first-order valence-electron chi connectivity index (χ1n) is 5.27. The average molecular weight is 233 g/mol. The molecule has 2 aromatic heterocycles. The Bertz CT molecular complexity index is 439. The van der Waals surface area contributed by atoms with Crippen LogP contribution in [0.1, 0.15) is 22.2 Å². The maximum absolute atomic E-state index is 4.32. The van der Waals surface area contributed by atoms with Crippen LogP contribution in [0.15, 0.2) is 30.0 Å². The second-order valence-corrected chi connectivity index (χ2v) is 4.68. The summed E-state index contributed by atoms with van der Waals surface area (Å²) in [6, 6.07) is 2.39. The highest BCUT2D eigenvalue weighted by atomic mass is 32.1. The zero-order chi connectivity index (χ0) is 11.4. The predicted molar refractivity (Wildman–Crippen MR) is 66.6 cm³/mol. The normalized spacial score (nSPS) is 12.6. The van der Waals surface area contributed by atoms with Gasteiger partial charge >= 0.3 is 0 Å². The van der Waals surface area contributed by atoms with Crippen LogP contribution in [0.5, 0.6) is 0 Å². The Morgan fingerprint density at radius 3 is 2.94 bits per heavy atom. The fourth-order valence-electron chi connectivity index (χ4n) is 1.77. The third-order valence-corrected chi connectivity index (χ3v) is 3.45.